The largest absolute Gasteiger partial charge is 0.481 e. The predicted octanol–water partition coefficient (Wildman–Crippen LogP) is 2.57. The highest BCUT2D eigenvalue weighted by molar-refractivity contribution is 6.06. The molecule has 2 amide bonds. The van der Waals surface area contributed by atoms with E-state index >= 15 is 0 Å². The minimum absolute atomic E-state index is 0.0183. The van der Waals surface area contributed by atoms with Crippen molar-refractivity contribution < 1.29 is 14.3 Å². The number of methoxy groups -OCH3 is 1. The maximum atomic E-state index is 13.3. The number of likely N-dealkylation sites (tertiary alicyclic amines) is 1. The molecule has 6 nitrogen and oxygen atoms in total. The normalized spacial score (nSPS) is 24.8. The van der Waals surface area contributed by atoms with Crippen molar-refractivity contribution in [2.24, 2.45) is 11.8 Å². The highest BCUT2D eigenvalue weighted by atomic mass is 16.5. The number of pyridine rings is 1. The number of ether oxygens (including phenoxy) is 1. The summed E-state index contributed by atoms with van der Waals surface area (Å²) in [5.41, 5.74) is 1.36. The van der Waals surface area contributed by atoms with Crippen molar-refractivity contribution in [2.75, 3.05) is 27.7 Å². The van der Waals surface area contributed by atoms with Gasteiger partial charge in [0.25, 0.3) is 5.91 Å². The van der Waals surface area contributed by atoms with Gasteiger partial charge in [-0.05, 0) is 30.7 Å². The minimum Gasteiger partial charge on any atom is -0.481 e. The number of hydrogen-bond acceptors (Lipinski definition) is 4. The second-order valence-corrected chi connectivity index (χ2v) is 7.77. The number of aromatic nitrogens is 1. The summed E-state index contributed by atoms with van der Waals surface area (Å²) in [5, 5.41) is 0.834. The summed E-state index contributed by atoms with van der Waals surface area (Å²) in [5.74, 6) is 1.51. The zero-order chi connectivity index (χ0) is 19.1. The number of carbonyl (C=O) groups excluding carboxylic acids is 2. The molecule has 0 bridgehead atoms. The monoisotopic (exact) mass is 367 g/mol. The van der Waals surface area contributed by atoms with Gasteiger partial charge in [0.15, 0.2) is 0 Å². The Bertz CT molecular complexity index is 897. The van der Waals surface area contributed by atoms with E-state index in [0.29, 0.717) is 29.7 Å². The molecule has 2 heterocycles. The topological polar surface area (TPSA) is 62.7 Å². The average Bonchev–Trinajstić information content (AvgIpc) is 3.08. The van der Waals surface area contributed by atoms with E-state index in [2.05, 4.69) is 4.98 Å². The first-order valence-electron chi connectivity index (χ1n) is 9.42. The second kappa shape index (κ2) is 6.83. The molecule has 1 aromatic carbocycles. The third-order valence-electron chi connectivity index (χ3n) is 6.19. The molecule has 3 atom stereocenters. The van der Waals surface area contributed by atoms with Crippen molar-refractivity contribution in [3.05, 3.63) is 35.9 Å². The van der Waals surface area contributed by atoms with Crippen LogP contribution in [0.15, 0.2) is 30.3 Å². The summed E-state index contributed by atoms with van der Waals surface area (Å²) in [6, 6.07) is 9.51. The molecule has 1 saturated heterocycles. The standard InChI is InChI=1S/C21H25N3O3/c1-23-12-14-9-15(8-13(14)10-20(23)25)24(2)21(26)17-11-19(27-3)22-18-7-5-4-6-16(17)18/h4-7,11,13-15H,8-10,12H2,1-3H3/t13-,14+,15-/m1/s1. The van der Waals surface area contributed by atoms with Gasteiger partial charge >= 0.3 is 0 Å². The summed E-state index contributed by atoms with van der Waals surface area (Å²) >= 11 is 0. The summed E-state index contributed by atoms with van der Waals surface area (Å²) < 4.78 is 5.29. The van der Waals surface area contributed by atoms with Gasteiger partial charge in [-0.2, -0.15) is 0 Å². The van der Waals surface area contributed by atoms with Crippen LogP contribution >= 0.6 is 0 Å². The van der Waals surface area contributed by atoms with Crippen LogP contribution in [-0.4, -0.2) is 60.4 Å². The van der Waals surface area contributed by atoms with Gasteiger partial charge in [0, 0.05) is 44.6 Å². The third-order valence-corrected chi connectivity index (χ3v) is 6.19. The van der Waals surface area contributed by atoms with Crippen LogP contribution < -0.4 is 4.74 Å². The third kappa shape index (κ3) is 3.13. The van der Waals surface area contributed by atoms with E-state index in [0.717, 1.165) is 30.3 Å². The summed E-state index contributed by atoms with van der Waals surface area (Å²) in [6.07, 6.45) is 2.45. The number of hydrogen-bond donors (Lipinski definition) is 0. The van der Waals surface area contributed by atoms with Gasteiger partial charge in [-0.3, -0.25) is 9.59 Å². The Balaban J connectivity index is 1.60. The van der Waals surface area contributed by atoms with Gasteiger partial charge in [-0.25, -0.2) is 4.98 Å². The molecule has 0 unspecified atom stereocenters. The number of amides is 2. The minimum atomic E-state index is -0.0183. The van der Waals surface area contributed by atoms with Gasteiger partial charge in [-0.1, -0.05) is 18.2 Å². The molecule has 1 aliphatic carbocycles. The van der Waals surface area contributed by atoms with Crippen LogP contribution in [-0.2, 0) is 4.79 Å². The highest BCUT2D eigenvalue weighted by Gasteiger charge is 2.42. The molecule has 1 aromatic heterocycles. The average molecular weight is 367 g/mol. The molecular formula is C21H25N3O3. The number of piperidine rings is 1. The van der Waals surface area contributed by atoms with Crippen LogP contribution in [0.2, 0.25) is 0 Å². The van der Waals surface area contributed by atoms with Crippen molar-refractivity contribution >= 4 is 22.7 Å². The second-order valence-electron chi connectivity index (χ2n) is 7.77. The Kier molecular flexibility index (Phi) is 4.50. The summed E-state index contributed by atoms with van der Waals surface area (Å²) in [4.78, 5) is 33.4. The van der Waals surface area contributed by atoms with Gasteiger partial charge in [0.1, 0.15) is 0 Å². The van der Waals surface area contributed by atoms with E-state index in [9.17, 15) is 9.59 Å². The van der Waals surface area contributed by atoms with Gasteiger partial charge < -0.3 is 14.5 Å². The van der Waals surface area contributed by atoms with Crippen LogP contribution in [0.25, 0.3) is 10.9 Å². The van der Waals surface area contributed by atoms with E-state index < -0.39 is 0 Å². The fourth-order valence-electron chi connectivity index (χ4n) is 4.59. The molecule has 4 rings (SSSR count). The van der Waals surface area contributed by atoms with Gasteiger partial charge in [0.2, 0.25) is 11.8 Å². The highest BCUT2D eigenvalue weighted by Crippen LogP contribution is 2.40. The molecule has 2 aliphatic rings. The van der Waals surface area contributed by atoms with Crippen molar-refractivity contribution in [1.82, 2.24) is 14.8 Å². The summed E-state index contributed by atoms with van der Waals surface area (Å²) in [6.45, 7) is 0.800. The molecule has 2 fully saturated rings. The zero-order valence-electron chi connectivity index (χ0n) is 16.0. The number of carbonyl (C=O) groups is 2. The lowest BCUT2D eigenvalue weighted by Crippen LogP contribution is -2.40. The molecule has 27 heavy (non-hydrogen) atoms. The SMILES string of the molecule is COc1cc(C(=O)N(C)[C@@H]2C[C@@H]3CC(=O)N(C)C[C@@H]3C2)c2ccccc2n1. The maximum Gasteiger partial charge on any atom is 0.254 e. The van der Waals surface area contributed by atoms with Crippen LogP contribution in [0.3, 0.4) is 0 Å². The van der Waals surface area contributed by atoms with E-state index in [1.807, 2.05) is 48.2 Å². The Morgan fingerprint density at radius 2 is 2.00 bits per heavy atom. The molecule has 0 N–H and O–H groups in total. The first-order chi connectivity index (χ1) is 13.0. The Morgan fingerprint density at radius 3 is 2.78 bits per heavy atom. The Hall–Kier alpha value is -2.63. The quantitative estimate of drug-likeness (QED) is 0.836. The first-order valence-corrected chi connectivity index (χ1v) is 9.42. The number of para-hydroxylation sites is 1. The van der Waals surface area contributed by atoms with Crippen molar-refractivity contribution in [3.8, 4) is 5.88 Å². The lowest BCUT2D eigenvalue weighted by Gasteiger charge is -2.31. The number of rotatable bonds is 3. The molecule has 0 radical (unpaired) electrons. The lowest BCUT2D eigenvalue weighted by molar-refractivity contribution is -0.134. The predicted molar refractivity (Wildman–Crippen MR) is 103 cm³/mol. The van der Waals surface area contributed by atoms with Crippen LogP contribution in [0.4, 0.5) is 0 Å². The van der Waals surface area contributed by atoms with Crippen molar-refractivity contribution in [3.63, 3.8) is 0 Å². The smallest absolute Gasteiger partial charge is 0.254 e. The van der Waals surface area contributed by atoms with Crippen LogP contribution in [0, 0.1) is 11.8 Å². The molecule has 142 valence electrons. The molecule has 6 heteroatoms. The number of fused-ring (bicyclic) bond motifs is 2. The Morgan fingerprint density at radius 1 is 1.26 bits per heavy atom. The fourth-order valence-corrected chi connectivity index (χ4v) is 4.59. The van der Waals surface area contributed by atoms with Gasteiger partial charge in [0.05, 0.1) is 18.2 Å². The number of nitrogens with zero attached hydrogens (tertiary/aromatic N) is 3. The lowest BCUT2D eigenvalue weighted by atomic mass is 9.88. The van der Waals surface area contributed by atoms with E-state index in [1.54, 1.807) is 13.2 Å². The van der Waals surface area contributed by atoms with E-state index in [-0.39, 0.29) is 17.9 Å². The van der Waals surface area contributed by atoms with Crippen LogP contribution in [0.5, 0.6) is 5.88 Å². The van der Waals surface area contributed by atoms with Gasteiger partial charge in [-0.15, -0.1) is 0 Å². The first kappa shape index (κ1) is 17.8. The summed E-state index contributed by atoms with van der Waals surface area (Å²) in [7, 11) is 5.30. The number of benzene rings is 1. The fraction of sp³-hybridized carbons (Fsp3) is 0.476. The molecular weight excluding hydrogens is 342 g/mol. The van der Waals surface area contributed by atoms with Crippen molar-refractivity contribution in [2.45, 2.75) is 25.3 Å². The van der Waals surface area contributed by atoms with Crippen LogP contribution in [0.1, 0.15) is 29.6 Å². The Labute approximate surface area is 159 Å². The molecule has 0 spiro atoms. The van der Waals surface area contributed by atoms with E-state index in [1.165, 1.54) is 0 Å². The maximum absolute atomic E-state index is 13.3. The molecule has 1 aliphatic heterocycles. The van der Waals surface area contributed by atoms with E-state index in [4.69, 9.17) is 4.74 Å². The molecule has 2 aromatic rings. The van der Waals surface area contributed by atoms with Crippen molar-refractivity contribution in [1.29, 1.82) is 0 Å². The molecule has 1 saturated carbocycles. The zero-order valence-corrected chi connectivity index (χ0v) is 16.0.